The lowest BCUT2D eigenvalue weighted by Gasteiger charge is -2.38. The number of allylic oxidation sites excluding steroid dienone is 2. The number of ether oxygens (including phenoxy) is 1. The molecule has 2 rings (SSSR count). The van der Waals surface area contributed by atoms with Gasteiger partial charge in [-0.3, -0.25) is 4.90 Å². The van der Waals surface area contributed by atoms with Crippen molar-refractivity contribution in [2.24, 2.45) is 5.92 Å². The molecule has 18 heavy (non-hydrogen) atoms. The molecule has 2 aliphatic rings. The third-order valence-corrected chi connectivity index (χ3v) is 4.24. The summed E-state index contributed by atoms with van der Waals surface area (Å²) in [5.41, 5.74) is 0. The Morgan fingerprint density at radius 2 is 2.33 bits per heavy atom. The first-order valence-corrected chi connectivity index (χ1v) is 7.46. The van der Waals surface area contributed by atoms with Crippen molar-refractivity contribution in [1.29, 1.82) is 0 Å². The zero-order valence-corrected chi connectivity index (χ0v) is 11.9. The van der Waals surface area contributed by atoms with Gasteiger partial charge < -0.3 is 10.1 Å². The molecule has 1 fully saturated rings. The van der Waals surface area contributed by atoms with Crippen molar-refractivity contribution in [1.82, 2.24) is 10.2 Å². The number of hydrogen-bond donors (Lipinski definition) is 1. The minimum Gasteiger partial charge on any atom is -0.379 e. The third kappa shape index (κ3) is 4.08. The van der Waals surface area contributed by atoms with E-state index in [1.807, 2.05) is 0 Å². The number of morpholine rings is 1. The van der Waals surface area contributed by atoms with Crippen LogP contribution < -0.4 is 5.32 Å². The van der Waals surface area contributed by atoms with Gasteiger partial charge in [0, 0.05) is 25.2 Å². The molecule has 1 aliphatic heterocycles. The fourth-order valence-electron chi connectivity index (χ4n) is 3.05. The molecule has 3 nitrogen and oxygen atoms in total. The van der Waals surface area contributed by atoms with Crippen LogP contribution in [0, 0.1) is 5.92 Å². The van der Waals surface area contributed by atoms with E-state index in [0.717, 1.165) is 32.2 Å². The highest BCUT2D eigenvalue weighted by Gasteiger charge is 2.23. The lowest BCUT2D eigenvalue weighted by atomic mass is 9.94. The van der Waals surface area contributed by atoms with E-state index in [0.29, 0.717) is 12.1 Å². The van der Waals surface area contributed by atoms with Crippen molar-refractivity contribution in [2.45, 2.75) is 45.2 Å². The molecule has 0 bridgehead atoms. The van der Waals surface area contributed by atoms with E-state index in [2.05, 4.69) is 36.2 Å². The van der Waals surface area contributed by atoms with Gasteiger partial charge in [-0.2, -0.15) is 0 Å². The summed E-state index contributed by atoms with van der Waals surface area (Å²) in [6, 6.07) is 1.18. The molecule has 0 amide bonds. The molecule has 3 atom stereocenters. The van der Waals surface area contributed by atoms with E-state index < -0.39 is 0 Å². The molecular weight excluding hydrogens is 224 g/mol. The molecule has 0 aromatic carbocycles. The van der Waals surface area contributed by atoms with Crippen molar-refractivity contribution in [3.8, 4) is 0 Å². The highest BCUT2D eigenvalue weighted by atomic mass is 16.5. The fraction of sp³-hybridized carbons (Fsp3) is 0.867. The average Bonchev–Trinajstić information content (AvgIpc) is 2.40. The third-order valence-electron chi connectivity index (χ3n) is 4.24. The Kier molecular flexibility index (Phi) is 5.67. The molecule has 0 unspecified atom stereocenters. The minimum atomic E-state index is 0.563. The van der Waals surface area contributed by atoms with Crippen LogP contribution in [-0.4, -0.2) is 49.8 Å². The van der Waals surface area contributed by atoms with Crippen molar-refractivity contribution >= 4 is 0 Å². The second-order valence-corrected chi connectivity index (χ2v) is 5.82. The van der Waals surface area contributed by atoms with E-state index in [-0.39, 0.29) is 0 Å². The van der Waals surface area contributed by atoms with Gasteiger partial charge in [0.25, 0.3) is 0 Å². The topological polar surface area (TPSA) is 24.5 Å². The van der Waals surface area contributed by atoms with Gasteiger partial charge in [0.05, 0.1) is 13.2 Å². The summed E-state index contributed by atoms with van der Waals surface area (Å²) in [6.45, 7) is 9.73. The summed E-state index contributed by atoms with van der Waals surface area (Å²) >= 11 is 0. The summed E-state index contributed by atoms with van der Waals surface area (Å²) < 4.78 is 5.49. The Morgan fingerprint density at radius 1 is 1.44 bits per heavy atom. The molecule has 1 heterocycles. The van der Waals surface area contributed by atoms with Gasteiger partial charge in [0.15, 0.2) is 0 Å². The van der Waals surface area contributed by atoms with Gasteiger partial charge in [0.1, 0.15) is 0 Å². The van der Waals surface area contributed by atoms with Crippen molar-refractivity contribution in [3.63, 3.8) is 0 Å². The Balaban J connectivity index is 1.64. The number of hydrogen-bond acceptors (Lipinski definition) is 3. The average molecular weight is 252 g/mol. The molecule has 1 saturated heterocycles. The zero-order valence-electron chi connectivity index (χ0n) is 11.9. The van der Waals surface area contributed by atoms with Crippen LogP contribution in [0.3, 0.4) is 0 Å². The van der Waals surface area contributed by atoms with Gasteiger partial charge in [-0.25, -0.2) is 0 Å². The van der Waals surface area contributed by atoms with Gasteiger partial charge in [0.2, 0.25) is 0 Å². The Labute approximate surface area is 112 Å². The van der Waals surface area contributed by atoms with E-state index in [9.17, 15) is 0 Å². The fourth-order valence-corrected chi connectivity index (χ4v) is 3.05. The van der Waals surface area contributed by atoms with Crippen LogP contribution >= 0.6 is 0 Å². The van der Waals surface area contributed by atoms with Crippen LogP contribution in [0.4, 0.5) is 0 Å². The largest absolute Gasteiger partial charge is 0.379 e. The van der Waals surface area contributed by atoms with E-state index in [4.69, 9.17) is 4.74 Å². The Hall–Kier alpha value is -0.380. The Bertz CT molecular complexity index is 267. The Morgan fingerprint density at radius 3 is 3.06 bits per heavy atom. The smallest absolute Gasteiger partial charge is 0.0619 e. The second-order valence-electron chi connectivity index (χ2n) is 5.82. The summed E-state index contributed by atoms with van der Waals surface area (Å²) in [4.78, 5) is 2.57. The lowest BCUT2D eigenvalue weighted by molar-refractivity contribution is -0.0182. The molecule has 0 spiro atoms. The maximum absolute atomic E-state index is 5.49. The van der Waals surface area contributed by atoms with Crippen LogP contribution in [-0.2, 0) is 4.74 Å². The summed E-state index contributed by atoms with van der Waals surface area (Å²) in [6.07, 6.45) is 8.53. The van der Waals surface area contributed by atoms with Gasteiger partial charge in [-0.05, 0) is 45.6 Å². The first-order valence-electron chi connectivity index (χ1n) is 7.46. The van der Waals surface area contributed by atoms with Crippen LogP contribution in [0.1, 0.15) is 33.1 Å². The number of rotatable bonds is 5. The van der Waals surface area contributed by atoms with E-state index >= 15 is 0 Å². The summed E-state index contributed by atoms with van der Waals surface area (Å²) in [7, 11) is 0. The first-order chi connectivity index (χ1) is 8.77. The zero-order chi connectivity index (χ0) is 12.8. The predicted molar refractivity (Wildman–Crippen MR) is 75.8 cm³/mol. The number of nitrogens with one attached hydrogen (secondary N) is 1. The summed E-state index contributed by atoms with van der Waals surface area (Å²) in [5.74, 6) is 0.851. The molecule has 1 aliphatic carbocycles. The van der Waals surface area contributed by atoms with Gasteiger partial charge in [-0.1, -0.05) is 12.2 Å². The van der Waals surface area contributed by atoms with E-state index in [1.165, 1.54) is 25.8 Å². The molecule has 0 saturated carbocycles. The monoisotopic (exact) mass is 252 g/mol. The standard InChI is InChI=1S/C15H28N2O/c1-13(17-8-9-18-12-14(17)2)10-16-11-15-6-4-3-5-7-15/h3-4,13-16H,5-12H2,1-2H3/t13-,14-,15-/m1/s1. The maximum atomic E-state index is 5.49. The normalized spacial score (nSPS) is 31.4. The second kappa shape index (κ2) is 7.27. The number of nitrogens with zero attached hydrogens (tertiary/aromatic N) is 1. The molecule has 0 aromatic rings. The van der Waals surface area contributed by atoms with Crippen molar-refractivity contribution < 1.29 is 4.74 Å². The van der Waals surface area contributed by atoms with Crippen LogP contribution in [0.2, 0.25) is 0 Å². The van der Waals surface area contributed by atoms with Crippen LogP contribution in [0.5, 0.6) is 0 Å². The molecule has 0 aromatic heterocycles. The molecule has 3 heteroatoms. The summed E-state index contributed by atoms with van der Waals surface area (Å²) in [5, 5.41) is 3.66. The molecular formula is C15H28N2O. The minimum absolute atomic E-state index is 0.563. The van der Waals surface area contributed by atoms with Crippen molar-refractivity contribution in [3.05, 3.63) is 12.2 Å². The van der Waals surface area contributed by atoms with Crippen LogP contribution in [0.25, 0.3) is 0 Å². The highest BCUT2D eigenvalue weighted by Crippen LogP contribution is 2.17. The SMILES string of the molecule is C[C@H](CNC[C@@H]1CC=CCC1)N1CCOC[C@H]1C. The molecule has 1 N–H and O–H groups in total. The van der Waals surface area contributed by atoms with Crippen molar-refractivity contribution in [2.75, 3.05) is 32.8 Å². The molecule has 0 radical (unpaired) electrons. The van der Waals surface area contributed by atoms with Gasteiger partial charge in [-0.15, -0.1) is 0 Å². The van der Waals surface area contributed by atoms with Gasteiger partial charge >= 0.3 is 0 Å². The first kappa shape index (κ1) is 14.0. The van der Waals surface area contributed by atoms with E-state index in [1.54, 1.807) is 0 Å². The maximum Gasteiger partial charge on any atom is 0.0619 e. The lowest BCUT2D eigenvalue weighted by Crippen LogP contribution is -2.51. The van der Waals surface area contributed by atoms with Crippen LogP contribution in [0.15, 0.2) is 12.2 Å². The predicted octanol–water partition coefficient (Wildman–Crippen LogP) is 2.04. The highest BCUT2D eigenvalue weighted by molar-refractivity contribution is 4.90. The quantitative estimate of drug-likeness (QED) is 0.758. The molecule has 104 valence electrons.